The first-order valence-corrected chi connectivity index (χ1v) is 6.06. The van der Waals surface area contributed by atoms with Gasteiger partial charge in [0.2, 0.25) is 5.75 Å². The molecule has 0 radical (unpaired) electrons. The van der Waals surface area contributed by atoms with Crippen LogP contribution in [0, 0.1) is 0 Å². The predicted molar refractivity (Wildman–Crippen MR) is 72.2 cm³/mol. The number of nitrogens with zero attached hydrogens (tertiary/aromatic N) is 2. The van der Waals surface area contributed by atoms with E-state index in [9.17, 15) is 5.11 Å². The van der Waals surface area contributed by atoms with Crippen molar-refractivity contribution in [3.63, 3.8) is 0 Å². The van der Waals surface area contributed by atoms with Gasteiger partial charge in [0.05, 0.1) is 19.3 Å². The number of rotatable bonds is 7. The number of anilines is 2. The molecule has 0 bridgehead atoms. The second-order valence-electron chi connectivity index (χ2n) is 4.70. The van der Waals surface area contributed by atoms with Gasteiger partial charge in [-0.25, -0.2) is 9.97 Å². The molecule has 0 spiro atoms. The van der Waals surface area contributed by atoms with Gasteiger partial charge in [-0.05, 0) is 20.3 Å². The number of aromatic nitrogens is 2. The molecule has 0 fully saturated rings. The van der Waals surface area contributed by atoms with E-state index in [1.54, 1.807) is 7.11 Å². The highest BCUT2D eigenvalue weighted by atomic mass is 16.5. The highest BCUT2D eigenvalue weighted by molar-refractivity contribution is 5.64. The topological polar surface area (TPSA) is 79.3 Å². The maximum absolute atomic E-state index is 9.27. The van der Waals surface area contributed by atoms with E-state index in [-0.39, 0.29) is 6.61 Å². The van der Waals surface area contributed by atoms with Gasteiger partial charge in [-0.2, -0.15) is 0 Å². The smallest absolute Gasteiger partial charge is 0.204 e. The van der Waals surface area contributed by atoms with Gasteiger partial charge in [0.25, 0.3) is 0 Å². The molecule has 0 saturated carbocycles. The molecular formula is C12H22N4O2. The lowest BCUT2D eigenvalue weighted by molar-refractivity contribution is 0.233. The minimum atomic E-state index is -0.469. The highest BCUT2D eigenvalue weighted by Crippen LogP contribution is 2.30. The quantitative estimate of drug-likeness (QED) is 0.684. The number of aliphatic hydroxyl groups is 1. The zero-order chi connectivity index (χ0) is 13.6. The van der Waals surface area contributed by atoms with Crippen LogP contribution in [0.5, 0.6) is 5.75 Å². The van der Waals surface area contributed by atoms with E-state index in [0.717, 1.165) is 13.0 Å². The summed E-state index contributed by atoms with van der Waals surface area (Å²) in [4.78, 5) is 8.31. The third kappa shape index (κ3) is 3.73. The van der Waals surface area contributed by atoms with Crippen molar-refractivity contribution in [1.29, 1.82) is 0 Å². The number of ether oxygens (including phenoxy) is 1. The van der Waals surface area contributed by atoms with E-state index < -0.39 is 5.54 Å². The fourth-order valence-corrected chi connectivity index (χ4v) is 1.39. The first-order valence-electron chi connectivity index (χ1n) is 6.06. The summed E-state index contributed by atoms with van der Waals surface area (Å²) < 4.78 is 5.33. The third-order valence-electron chi connectivity index (χ3n) is 2.40. The van der Waals surface area contributed by atoms with Crippen LogP contribution in [0.2, 0.25) is 0 Å². The van der Waals surface area contributed by atoms with Crippen molar-refractivity contribution in [3.05, 3.63) is 6.33 Å². The molecular weight excluding hydrogens is 232 g/mol. The Morgan fingerprint density at radius 3 is 2.56 bits per heavy atom. The molecule has 0 aliphatic heterocycles. The average Bonchev–Trinajstić information content (AvgIpc) is 2.36. The van der Waals surface area contributed by atoms with Crippen molar-refractivity contribution in [1.82, 2.24) is 9.97 Å². The van der Waals surface area contributed by atoms with Gasteiger partial charge in [-0.15, -0.1) is 0 Å². The fraction of sp³-hybridized carbons (Fsp3) is 0.667. The third-order valence-corrected chi connectivity index (χ3v) is 2.40. The number of hydrogen-bond donors (Lipinski definition) is 3. The van der Waals surface area contributed by atoms with Crippen LogP contribution < -0.4 is 15.4 Å². The maximum atomic E-state index is 9.27. The van der Waals surface area contributed by atoms with Crippen molar-refractivity contribution < 1.29 is 9.84 Å². The predicted octanol–water partition coefficient (Wildman–Crippen LogP) is 1.49. The van der Waals surface area contributed by atoms with Crippen LogP contribution in [0.4, 0.5) is 11.6 Å². The van der Waals surface area contributed by atoms with Crippen LogP contribution in [0.1, 0.15) is 27.2 Å². The summed E-state index contributed by atoms with van der Waals surface area (Å²) in [5, 5.41) is 15.6. The van der Waals surface area contributed by atoms with Crippen molar-refractivity contribution >= 4 is 11.6 Å². The van der Waals surface area contributed by atoms with Crippen molar-refractivity contribution in [2.75, 3.05) is 30.9 Å². The Morgan fingerprint density at radius 2 is 2.00 bits per heavy atom. The fourth-order valence-electron chi connectivity index (χ4n) is 1.39. The molecule has 0 saturated heterocycles. The normalized spacial score (nSPS) is 11.2. The molecule has 1 rings (SSSR count). The maximum Gasteiger partial charge on any atom is 0.204 e. The molecule has 0 unspecified atom stereocenters. The summed E-state index contributed by atoms with van der Waals surface area (Å²) in [5.41, 5.74) is -0.469. The average molecular weight is 254 g/mol. The Bertz CT molecular complexity index is 382. The summed E-state index contributed by atoms with van der Waals surface area (Å²) in [7, 11) is 1.58. The molecule has 0 aliphatic rings. The number of nitrogens with one attached hydrogen (secondary N) is 2. The number of aliphatic hydroxyl groups excluding tert-OH is 1. The van der Waals surface area contributed by atoms with Gasteiger partial charge in [0.1, 0.15) is 6.33 Å². The van der Waals surface area contributed by atoms with Crippen LogP contribution >= 0.6 is 0 Å². The van der Waals surface area contributed by atoms with Crippen molar-refractivity contribution in [2.45, 2.75) is 32.7 Å². The molecule has 0 aromatic carbocycles. The van der Waals surface area contributed by atoms with Gasteiger partial charge in [-0.3, -0.25) is 0 Å². The monoisotopic (exact) mass is 254 g/mol. The lowest BCUT2D eigenvalue weighted by Crippen LogP contribution is -2.35. The van der Waals surface area contributed by atoms with E-state index in [4.69, 9.17) is 4.74 Å². The summed E-state index contributed by atoms with van der Waals surface area (Å²) in [5.74, 6) is 1.79. The molecule has 102 valence electrons. The van der Waals surface area contributed by atoms with E-state index >= 15 is 0 Å². The summed E-state index contributed by atoms with van der Waals surface area (Å²) in [6.45, 7) is 6.66. The number of methoxy groups -OCH3 is 1. The standard InChI is InChI=1S/C12H22N4O2/c1-5-6-13-10-9(18-4)11(15-8-14-10)16-12(2,3)7-17/h8,17H,5-7H2,1-4H3,(H2,13,14,15,16). The van der Waals surface area contributed by atoms with Crippen LogP contribution in [-0.4, -0.2) is 40.9 Å². The van der Waals surface area contributed by atoms with Crippen LogP contribution in [0.15, 0.2) is 6.33 Å². The van der Waals surface area contributed by atoms with Gasteiger partial charge in [0.15, 0.2) is 11.6 Å². The van der Waals surface area contributed by atoms with Crippen molar-refractivity contribution in [3.8, 4) is 5.75 Å². The van der Waals surface area contributed by atoms with Crippen LogP contribution in [0.25, 0.3) is 0 Å². The highest BCUT2D eigenvalue weighted by Gasteiger charge is 2.20. The second-order valence-corrected chi connectivity index (χ2v) is 4.70. The first kappa shape index (κ1) is 14.5. The summed E-state index contributed by atoms with van der Waals surface area (Å²) in [6, 6.07) is 0. The molecule has 1 aromatic rings. The minimum Gasteiger partial charge on any atom is -0.490 e. The van der Waals surface area contributed by atoms with Gasteiger partial charge in [-0.1, -0.05) is 6.92 Å². The first-order chi connectivity index (χ1) is 8.54. The van der Waals surface area contributed by atoms with E-state index in [2.05, 4.69) is 27.5 Å². The lowest BCUT2D eigenvalue weighted by atomic mass is 10.1. The molecule has 3 N–H and O–H groups in total. The Kier molecular flexibility index (Phi) is 5.15. The van der Waals surface area contributed by atoms with E-state index in [1.165, 1.54) is 6.33 Å². The Balaban J connectivity index is 2.97. The van der Waals surface area contributed by atoms with Gasteiger partial charge >= 0.3 is 0 Å². The molecule has 0 aliphatic carbocycles. The van der Waals surface area contributed by atoms with E-state index in [1.807, 2.05) is 13.8 Å². The molecule has 1 aromatic heterocycles. The van der Waals surface area contributed by atoms with Crippen molar-refractivity contribution in [2.24, 2.45) is 0 Å². The minimum absolute atomic E-state index is 0.00210. The lowest BCUT2D eigenvalue weighted by Gasteiger charge is -2.25. The molecule has 0 amide bonds. The van der Waals surface area contributed by atoms with Crippen LogP contribution in [-0.2, 0) is 0 Å². The second kappa shape index (κ2) is 6.39. The van der Waals surface area contributed by atoms with Gasteiger partial charge in [0, 0.05) is 6.54 Å². The summed E-state index contributed by atoms with van der Waals surface area (Å²) in [6.07, 6.45) is 2.47. The molecule has 6 nitrogen and oxygen atoms in total. The molecule has 1 heterocycles. The molecule has 18 heavy (non-hydrogen) atoms. The Hall–Kier alpha value is -1.56. The zero-order valence-electron chi connectivity index (χ0n) is 11.4. The molecule has 0 atom stereocenters. The van der Waals surface area contributed by atoms with Gasteiger partial charge < -0.3 is 20.5 Å². The summed E-state index contributed by atoms with van der Waals surface area (Å²) >= 11 is 0. The Morgan fingerprint density at radius 1 is 1.33 bits per heavy atom. The Labute approximate surface area is 108 Å². The SMILES string of the molecule is CCCNc1ncnc(NC(C)(C)CO)c1OC. The largest absolute Gasteiger partial charge is 0.490 e. The van der Waals surface area contributed by atoms with E-state index in [0.29, 0.717) is 17.4 Å². The van der Waals surface area contributed by atoms with Crippen LogP contribution in [0.3, 0.4) is 0 Å². The number of hydrogen-bond acceptors (Lipinski definition) is 6. The molecule has 6 heteroatoms. The zero-order valence-corrected chi connectivity index (χ0v) is 11.4.